The van der Waals surface area contributed by atoms with Gasteiger partial charge in [0.05, 0.1) is 18.7 Å². The smallest absolute Gasteiger partial charge is 0.246 e. The van der Waals surface area contributed by atoms with Crippen molar-refractivity contribution in [1.29, 1.82) is 0 Å². The van der Waals surface area contributed by atoms with Crippen LogP contribution in [0.25, 0.3) is 11.0 Å². The van der Waals surface area contributed by atoms with Gasteiger partial charge >= 0.3 is 0 Å². The lowest BCUT2D eigenvalue weighted by Gasteiger charge is -2.26. The Morgan fingerprint density at radius 1 is 0.590 bits per heavy atom. The van der Waals surface area contributed by atoms with E-state index in [1.807, 2.05) is 60.0 Å². The maximum atomic E-state index is 5.93. The molecule has 15 heteroatoms. The van der Waals surface area contributed by atoms with Crippen molar-refractivity contribution in [2.75, 3.05) is 28.6 Å². The lowest BCUT2D eigenvalue weighted by Crippen LogP contribution is -2.25. The summed E-state index contributed by atoms with van der Waals surface area (Å²) >= 11 is 5.93. The van der Waals surface area contributed by atoms with E-state index in [0.29, 0.717) is 30.0 Å². The fourth-order valence-corrected chi connectivity index (χ4v) is 8.80. The van der Waals surface area contributed by atoms with Gasteiger partial charge in [0.1, 0.15) is 22.7 Å². The average molecular weight is 835 g/mol. The molecule has 0 bridgehead atoms. The second-order valence-electron chi connectivity index (χ2n) is 16.3. The molecule has 4 fully saturated rings. The largest absolute Gasteiger partial charge is 0.332 e. The molecule has 2 aliphatic heterocycles. The first-order valence-electron chi connectivity index (χ1n) is 21.7. The summed E-state index contributed by atoms with van der Waals surface area (Å²) in [6.45, 7) is 2.14. The predicted octanol–water partition coefficient (Wildman–Crippen LogP) is 9.89. The molecule has 0 unspecified atom stereocenters. The SMILES string of the molecule is Clc1nc(Nc2cn(C3CCC3)cn2)c2cccn2n1.c1ccc([C@@H]2CCCN2)cc1.c1ccc([C@@H]2CCCN2c2nc(Nc3cn(C4CCC4)cn3)c3cccn3n2)cc1. The molecular weight excluding hydrogens is 784 g/mol. The van der Waals surface area contributed by atoms with Crippen LogP contribution in [0.15, 0.2) is 122 Å². The van der Waals surface area contributed by atoms with Gasteiger partial charge in [-0.2, -0.15) is 9.97 Å². The van der Waals surface area contributed by atoms with Gasteiger partial charge in [0.2, 0.25) is 11.2 Å². The third-order valence-electron chi connectivity index (χ3n) is 12.4. The van der Waals surface area contributed by atoms with Gasteiger partial charge in [-0.3, -0.25) is 0 Å². The summed E-state index contributed by atoms with van der Waals surface area (Å²) in [5.74, 6) is 3.81. The van der Waals surface area contributed by atoms with Crippen LogP contribution >= 0.6 is 11.6 Å². The minimum atomic E-state index is 0.203. The molecule has 2 aromatic carbocycles. The molecule has 6 aromatic heterocycles. The van der Waals surface area contributed by atoms with Gasteiger partial charge in [0.15, 0.2) is 11.6 Å². The van der Waals surface area contributed by atoms with Gasteiger partial charge in [-0.15, -0.1) is 10.2 Å². The van der Waals surface area contributed by atoms with E-state index in [2.05, 4.69) is 117 Å². The fourth-order valence-electron chi connectivity index (χ4n) is 8.63. The highest BCUT2D eigenvalue weighted by Gasteiger charge is 2.29. The maximum absolute atomic E-state index is 5.93. The van der Waals surface area contributed by atoms with Gasteiger partial charge in [-0.05, 0) is 118 Å². The van der Waals surface area contributed by atoms with Crippen LogP contribution in [-0.2, 0) is 0 Å². The highest BCUT2D eigenvalue weighted by molar-refractivity contribution is 6.28. The first-order chi connectivity index (χ1) is 30.1. The van der Waals surface area contributed by atoms with E-state index in [4.69, 9.17) is 21.7 Å². The number of nitrogens with one attached hydrogen (secondary N) is 3. The van der Waals surface area contributed by atoms with E-state index >= 15 is 0 Å². The first kappa shape index (κ1) is 38.9. The molecule has 2 saturated carbocycles. The maximum Gasteiger partial charge on any atom is 0.246 e. The summed E-state index contributed by atoms with van der Waals surface area (Å²) in [4.78, 5) is 20.4. The molecule has 0 amide bonds. The zero-order valence-corrected chi connectivity index (χ0v) is 34.9. The Labute approximate surface area is 360 Å². The normalized spacial score (nSPS) is 18.9. The number of nitrogens with zero attached hydrogens (tertiary/aromatic N) is 11. The molecule has 2 atom stereocenters. The highest BCUT2D eigenvalue weighted by Crippen LogP contribution is 2.36. The molecule has 8 aromatic rings. The summed E-state index contributed by atoms with van der Waals surface area (Å²) in [5, 5.41) is 19.2. The number of benzene rings is 2. The van der Waals surface area contributed by atoms with E-state index in [1.54, 1.807) is 4.52 Å². The predicted molar refractivity (Wildman–Crippen MR) is 240 cm³/mol. The lowest BCUT2D eigenvalue weighted by molar-refractivity contribution is 0.313. The minimum absolute atomic E-state index is 0.203. The van der Waals surface area contributed by atoms with Crippen LogP contribution in [-0.4, -0.2) is 61.4 Å². The molecule has 0 spiro atoms. The monoisotopic (exact) mass is 834 g/mol. The number of imidazole rings is 2. The Balaban J connectivity index is 0.000000123. The first-order valence-corrected chi connectivity index (χ1v) is 22.1. The Hall–Kier alpha value is -6.25. The molecule has 61 heavy (non-hydrogen) atoms. The van der Waals surface area contributed by atoms with E-state index in [-0.39, 0.29) is 5.28 Å². The van der Waals surface area contributed by atoms with Gasteiger partial charge < -0.3 is 30.0 Å². The quantitative estimate of drug-likeness (QED) is 0.129. The van der Waals surface area contributed by atoms with Crippen molar-refractivity contribution in [2.24, 2.45) is 0 Å². The summed E-state index contributed by atoms with van der Waals surface area (Å²) in [7, 11) is 0. The van der Waals surface area contributed by atoms with Crippen LogP contribution < -0.4 is 20.9 Å². The molecular formula is C46H51ClN14. The van der Waals surface area contributed by atoms with Crippen LogP contribution in [0.5, 0.6) is 0 Å². The van der Waals surface area contributed by atoms with Gasteiger partial charge in [-0.25, -0.2) is 19.0 Å². The van der Waals surface area contributed by atoms with Gasteiger partial charge in [-0.1, -0.05) is 60.7 Å². The highest BCUT2D eigenvalue weighted by atomic mass is 35.5. The summed E-state index contributed by atoms with van der Waals surface area (Å²) < 4.78 is 7.98. The van der Waals surface area contributed by atoms with Crippen molar-refractivity contribution < 1.29 is 0 Å². The molecule has 12 rings (SSSR count). The molecule has 312 valence electrons. The summed E-state index contributed by atoms with van der Waals surface area (Å²) in [5.41, 5.74) is 4.57. The number of aromatic nitrogens is 10. The molecule has 3 N–H and O–H groups in total. The Morgan fingerprint density at radius 3 is 1.75 bits per heavy atom. The van der Waals surface area contributed by atoms with Crippen LogP contribution in [0.3, 0.4) is 0 Å². The molecule has 4 aliphatic rings. The third-order valence-corrected chi connectivity index (χ3v) is 12.5. The van der Waals surface area contributed by atoms with Crippen molar-refractivity contribution in [1.82, 2.24) is 53.6 Å². The molecule has 8 heterocycles. The number of rotatable bonds is 9. The van der Waals surface area contributed by atoms with Crippen LogP contribution in [0.2, 0.25) is 5.28 Å². The van der Waals surface area contributed by atoms with E-state index in [0.717, 1.165) is 53.8 Å². The van der Waals surface area contributed by atoms with E-state index in [1.165, 1.54) is 69.0 Å². The summed E-state index contributed by atoms with van der Waals surface area (Å²) in [6, 6.07) is 31.3. The topological polar surface area (TPSA) is 135 Å². The third kappa shape index (κ3) is 8.68. The minimum Gasteiger partial charge on any atom is -0.332 e. The Kier molecular flexibility index (Phi) is 11.3. The molecule has 14 nitrogen and oxygen atoms in total. The van der Waals surface area contributed by atoms with Gasteiger partial charge in [0.25, 0.3) is 0 Å². The zero-order valence-electron chi connectivity index (χ0n) is 34.1. The van der Waals surface area contributed by atoms with E-state index in [9.17, 15) is 0 Å². The van der Waals surface area contributed by atoms with Crippen molar-refractivity contribution in [3.05, 3.63) is 139 Å². The fraction of sp³-hybridized carbons (Fsp3) is 0.348. The van der Waals surface area contributed by atoms with Crippen molar-refractivity contribution in [3.8, 4) is 0 Å². The van der Waals surface area contributed by atoms with Crippen LogP contribution in [0.4, 0.5) is 29.2 Å². The number of fused-ring (bicyclic) bond motifs is 2. The number of hydrogen-bond donors (Lipinski definition) is 3. The average Bonchev–Trinajstić information content (AvgIpc) is 4.10. The van der Waals surface area contributed by atoms with Crippen molar-refractivity contribution in [2.45, 2.75) is 88.4 Å². The number of halogens is 1. The van der Waals surface area contributed by atoms with Crippen molar-refractivity contribution >= 4 is 51.9 Å². The number of hydrogen-bond acceptors (Lipinski definition) is 10. The van der Waals surface area contributed by atoms with Crippen molar-refractivity contribution in [3.63, 3.8) is 0 Å². The summed E-state index contributed by atoms with van der Waals surface area (Å²) in [6.07, 6.45) is 24.1. The lowest BCUT2D eigenvalue weighted by atomic mass is 9.93. The second kappa shape index (κ2) is 17.8. The van der Waals surface area contributed by atoms with Gasteiger partial charge in [0, 0.05) is 49.5 Å². The van der Waals surface area contributed by atoms with Crippen LogP contribution in [0.1, 0.15) is 99.5 Å². The zero-order chi connectivity index (χ0) is 41.0. The molecule has 0 radical (unpaired) electrons. The molecule has 2 aliphatic carbocycles. The Morgan fingerprint density at radius 2 is 1.18 bits per heavy atom. The molecule has 2 saturated heterocycles. The second-order valence-corrected chi connectivity index (χ2v) is 16.7. The Bertz CT molecular complexity index is 2650. The number of anilines is 5. The van der Waals surface area contributed by atoms with Crippen LogP contribution in [0, 0.1) is 0 Å². The standard InChI is InChI=1S/C23H25N7.C13H13ClN6.C10H13N/c1-2-7-17(8-3-1)19-11-5-13-29(19)23-26-22(20-12-6-14-30(20)27-23)25-21-15-28(16-24-21)18-9-4-10-18;14-13-17-12(10-5-2-6-20(10)18-13)16-11-7-19(8-15-11)9-3-1-4-9;1-2-5-9(6-3-1)10-7-4-8-11-10/h1-3,6-8,12,14-16,18-19H,4-5,9-11,13H2,(H,25,26,27);2,5-9H,1,3-4H2,(H,16,17,18);1-3,5-6,10-11H,4,7-8H2/t19-;;10-/m0.0/s1. The van der Waals surface area contributed by atoms with E-state index < -0.39 is 0 Å².